The Kier molecular flexibility index (Phi) is 8.74. The van der Waals surface area contributed by atoms with Crippen molar-refractivity contribution < 1.29 is 0 Å². The van der Waals surface area contributed by atoms with Gasteiger partial charge in [-0.25, -0.2) is 0 Å². The van der Waals surface area contributed by atoms with Crippen molar-refractivity contribution in [2.75, 3.05) is 0 Å². The molecule has 0 aliphatic carbocycles. The van der Waals surface area contributed by atoms with E-state index in [2.05, 4.69) is 208 Å². The zero-order chi connectivity index (χ0) is 46.3. The Hall–Kier alpha value is -8.00. The summed E-state index contributed by atoms with van der Waals surface area (Å²) in [5, 5.41) is 33.5. The van der Waals surface area contributed by atoms with Crippen molar-refractivity contribution in [3.8, 4) is 45.8 Å². The van der Waals surface area contributed by atoms with E-state index < -0.39 is 0 Å². The van der Waals surface area contributed by atoms with E-state index in [1.54, 1.807) is 22.7 Å². The average Bonchev–Trinajstić information content (AvgIpc) is 4.09. The largest absolute Gasteiger partial charge is 0.306 e. The number of benzene rings is 9. The number of fused-ring (bicyclic) bond motifs is 14. The van der Waals surface area contributed by atoms with Gasteiger partial charge < -0.3 is 9.13 Å². The minimum absolute atomic E-state index is 0.458. The van der Waals surface area contributed by atoms with Crippen LogP contribution in [0.25, 0.3) is 118 Å². The Morgan fingerprint density at radius 3 is 1.19 bits per heavy atom. The molecule has 13 aromatic rings. The molecule has 0 amide bonds. The van der Waals surface area contributed by atoms with Crippen LogP contribution in [-0.4, -0.2) is 9.13 Å². The van der Waals surface area contributed by atoms with Crippen LogP contribution in [0.1, 0.15) is 44.5 Å². The van der Waals surface area contributed by atoms with Crippen molar-refractivity contribution in [2.24, 2.45) is 0 Å². The minimum atomic E-state index is 0.458. The molecule has 0 aliphatic heterocycles. The van der Waals surface area contributed by atoms with Crippen molar-refractivity contribution in [2.45, 2.75) is 41.5 Å². The highest BCUT2D eigenvalue weighted by Gasteiger charge is 2.33. The Balaban J connectivity index is 1.36. The summed E-state index contributed by atoms with van der Waals surface area (Å²) in [5.41, 5.74) is 16.7. The molecule has 0 radical (unpaired) electrons. The monoisotopic (exact) mass is 906 g/mol. The van der Waals surface area contributed by atoms with Gasteiger partial charge in [0.25, 0.3) is 0 Å². The lowest BCUT2D eigenvalue weighted by Gasteiger charge is -2.26. The SMILES string of the molecule is Cc1ccc(-c2c(C#N)c(-n3c4cc(C)c(C)cc4c4ccc5c6ccccc6sc5c43)c(-c3ccc(C)cc3)c(-n3c4cc(C)c(C)cc4c4ccc5c6ccccc6sc5c43)c2C#N)cc1. The summed E-state index contributed by atoms with van der Waals surface area (Å²) in [6.45, 7) is 12.9. The second kappa shape index (κ2) is 14.8. The molecule has 322 valence electrons. The molecular formula is C62H42N4S2. The number of aromatic nitrogens is 2. The van der Waals surface area contributed by atoms with E-state index in [1.165, 1.54) is 42.1 Å². The van der Waals surface area contributed by atoms with E-state index in [0.717, 1.165) is 103 Å². The number of hydrogen-bond acceptors (Lipinski definition) is 4. The maximum Gasteiger partial charge on any atom is 0.102 e. The first-order valence-electron chi connectivity index (χ1n) is 23.0. The van der Waals surface area contributed by atoms with Crippen LogP contribution in [0.5, 0.6) is 0 Å². The molecule has 4 nitrogen and oxygen atoms in total. The lowest BCUT2D eigenvalue weighted by atomic mass is 9.86. The molecule has 4 aromatic heterocycles. The topological polar surface area (TPSA) is 57.4 Å². The summed E-state index contributed by atoms with van der Waals surface area (Å²) in [4.78, 5) is 0. The highest BCUT2D eigenvalue weighted by molar-refractivity contribution is 7.27. The summed E-state index contributed by atoms with van der Waals surface area (Å²) >= 11 is 3.61. The number of hydrogen-bond donors (Lipinski definition) is 0. The predicted molar refractivity (Wildman–Crippen MR) is 290 cm³/mol. The maximum absolute atomic E-state index is 12.1. The van der Waals surface area contributed by atoms with Gasteiger partial charge in [-0.15, -0.1) is 22.7 Å². The number of nitrogens with zero attached hydrogens (tertiary/aromatic N) is 4. The lowest BCUT2D eigenvalue weighted by molar-refractivity contribution is 1.12. The number of aryl methyl sites for hydroxylation is 6. The van der Waals surface area contributed by atoms with Crippen molar-refractivity contribution in [1.29, 1.82) is 10.5 Å². The van der Waals surface area contributed by atoms with Gasteiger partial charge in [-0.2, -0.15) is 10.5 Å². The molecule has 0 fully saturated rings. The van der Waals surface area contributed by atoms with Gasteiger partial charge in [0.2, 0.25) is 0 Å². The maximum atomic E-state index is 12.1. The van der Waals surface area contributed by atoms with Gasteiger partial charge in [-0.3, -0.25) is 0 Å². The molecule has 0 saturated carbocycles. The molecule has 0 spiro atoms. The van der Waals surface area contributed by atoms with Gasteiger partial charge in [0.1, 0.15) is 12.1 Å². The highest BCUT2D eigenvalue weighted by Crippen LogP contribution is 2.52. The molecular weight excluding hydrogens is 865 g/mol. The number of nitriles is 2. The summed E-state index contributed by atoms with van der Waals surface area (Å²) in [6.07, 6.45) is 0. The Morgan fingerprint density at radius 2 is 0.765 bits per heavy atom. The van der Waals surface area contributed by atoms with Crippen molar-refractivity contribution in [3.05, 3.63) is 190 Å². The first kappa shape index (κ1) is 40.3. The van der Waals surface area contributed by atoms with E-state index in [-0.39, 0.29) is 0 Å². The van der Waals surface area contributed by atoms with Crippen LogP contribution in [0.4, 0.5) is 0 Å². The zero-order valence-electron chi connectivity index (χ0n) is 38.5. The molecule has 0 aliphatic rings. The first-order valence-corrected chi connectivity index (χ1v) is 24.7. The van der Waals surface area contributed by atoms with E-state index in [0.29, 0.717) is 16.7 Å². The first-order chi connectivity index (χ1) is 33.1. The molecule has 0 bridgehead atoms. The van der Waals surface area contributed by atoms with Crippen molar-refractivity contribution >= 4 is 107 Å². The number of rotatable bonds is 4. The summed E-state index contributed by atoms with van der Waals surface area (Å²) < 4.78 is 9.55. The van der Waals surface area contributed by atoms with Crippen LogP contribution in [0.3, 0.4) is 0 Å². The second-order valence-corrected chi connectivity index (χ2v) is 20.7. The fraction of sp³-hybridized carbons (Fsp3) is 0.0968. The fourth-order valence-electron chi connectivity index (χ4n) is 10.9. The molecule has 9 aromatic carbocycles. The van der Waals surface area contributed by atoms with Crippen molar-refractivity contribution in [3.63, 3.8) is 0 Å². The van der Waals surface area contributed by atoms with Gasteiger partial charge in [0.15, 0.2) is 0 Å². The standard InChI is InChI=1S/C62H42N4S2/c1-33-15-19-39(20-16-33)55-49(31-63)57(65-51-29-37(5)35(3)27-47(51)43-23-25-45-41-11-7-9-13-53(41)67-61(45)59(43)65)56(40-21-17-34(2)18-22-40)58(50(55)32-64)66-52-30-38(6)36(4)28-48(52)44-24-26-46-42-12-8-10-14-54(42)68-62(46)60(44)66/h7-30H,1-6H3. The van der Waals surface area contributed by atoms with Crippen LogP contribution in [0, 0.1) is 64.2 Å². The normalized spacial score (nSPS) is 11.9. The molecule has 0 N–H and O–H groups in total. The van der Waals surface area contributed by atoms with E-state index in [4.69, 9.17) is 0 Å². The summed E-state index contributed by atoms with van der Waals surface area (Å²) in [5.74, 6) is 0. The quantitative estimate of drug-likeness (QED) is 0.177. The van der Waals surface area contributed by atoms with Gasteiger partial charge in [0.05, 0.1) is 54.0 Å². The average molecular weight is 907 g/mol. The molecule has 6 heteroatoms. The van der Waals surface area contributed by atoms with Crippen molar-refractivity contribution in [1.82, 2.24) is 9.13 Å². The molecule has 0 atom stereocenters. The van der Waals surface area contributed by atoms with Crippen LogP contribution in [-0.2, 0) is 0 Å². The number of thiophene rings is 2. The van der Waals surface area contributed by atoms with E-state index >= 15 is 0 Å². The Morgan fingerprint density at radius 1 is 0.382 bits per heavy atom. The molecule has 13 rings (SSSR count). The molecule has 68 heavy (non-hydrogen) atoms. The van der Waals surface area contributed by atoms with Gasteiger partial charge in [0, 0.05) is 63.6 Å². The van der Waals surface area contributed by atoms with Gasteiger partial charge in [-0.1, -0.05) is 120 Å². The van der Waals surface area contributed by atoms with Gasteiger partial charge in [-0.05, 0) is 111 Å². The molecule has 0 unspecified atom stereocenters. The summed E-state index contributed by atoms with van der Waals surface area (Å²) in [7, 11) is 0. The van der Waals surface area contributed by atoms with E-state index in [1.807, 2.05) is 0 Å². The highest BCUT2D eigenvalue weighted by atomic mass is 32.1. The van der Waals surface area contributed by atoms with E-state index in [9.17, 15) is 10.5 Å². The Labute approximate surface area is 401 Å². The minimum Gasteiger partial charge on any atom is -0.306 e. The Bertz CT molecular complexity index is 4200. The third-order valence-corrected chi connectivity index (χ3v) is 17.0. The lowest BCUT2D eigenvalue weighted by Crippen LogP contribution is -2.11. The molecule has 0 saturated heterocycles. The second-order valence-electron chi connectivity index (χ2n) is 18.6. The third-order valence-electron chi connectivity index (χ3n) is 14.6. The predicted octanol–water partition coefficient (Wildman–Crippen LogP) is 17.5. The smallest absolute Gasteiger partial charge is 0.102 e. The fourth-order valence-corrected chi connectivity index (χ4v) is 13.4. The van der Waals surface area contributed by atoms with Crippen LogP contribution < -0.4 is 0 Å². The van der Waals surface area contributed by atoms with Crippen LogP contribution in [0.2, 0.25) is 0 Å². The molecule has 4 heterocycles. The van der Waals surface area contributed by atoms with Gasteiger partial charge >= 0.3 is 0 Å². The zero-order valence-corrected chi connectivity index (χ0v) is 40.1. The van der Waals surface area contributed by atoms with Crippen LogP contribution in [0.15, 0.2) is 146 Å². The third kappa shape index (κ3) is 5.57. The van der Waals surface area contributed by atoms with Crippen LogP contribution >= 0.6 is 22.7 Å². The summed E-state index contributed by atoms with van der Waals surface area (Å²) in [6, 6.07) is 58.4.